The van der Waals surface area contributed by atoms with Crippen LogP contribution in [0.2, 0.25) is 0 Å². The maximum Gasteiger partial charge on any atom is 0.249 e. The van der Waals surface area contributed by atoms with E-state index in [1.54, 1.807) is 28.8 Å². The minimum absolute atomic E-state index is 0. The summed E-state index contributed by atoms with van der Waals surface area (Å²) in [5.41, 5.74) is 6.55. The highest BCUT2D eigenvalue weighted by atomic mass is 32.2. The van der Waals surface area contributed by atoms with Crippen LogP contribution >= 0.6 is 11.8 Å². The van der Waals surface area contributed by atoms with Gasteiger partial charge in [-0.2, -0.15) is 0 Å². The minimum atomic E-state index is -0.930. The molecule has 4 rings (SSSR count). The van der Waals surface area contributed by atoms with Crippen molar-refractivity contribution in [3.8, 4) is 5.75 Å². The summed E-state index contributed by atoms with van der Waals surface area (Å²) < 4.78 is -0.319. The summed E-state index contributed by atoms with van der Waals surface area (Å²) in [5, 5.41) is 25.8. The summed E-state index contributed by atoms with van der Waals surface area (Å²) in [6.07, 6.45) is 0. The summed E-state index contributed by atoms with van der Waals surface area (Å²) in [5.74, 6) is -0.0183. The Balaban J connectivity index is 0.00000150. The first-order valence-corrected chi connectivity index (χ1v) is 9.26. The van der Waals surface area contributed by atoms with Crippen molar-refractivity contribution in [3.63, 3.8) is 0 Å². The molecule has 0 saturated carbocycles. The number of nitrogens with two attached hydrogens (primary N) is 1. The fourth-order valence-electron chi connectivity index (χ4n) is 3.55. The summed E-state index contributed by atoms with van der Waals surface area (Å²) in [7, 11) is 0. The Labute approximate surface area is 175 Å². The molecule has 0 aliphatic carbocycles. The zero-order valence-electron chi connectivity index (χ0n) is 16.2. The highest BCUT2D eigenvalue weighted by molar-refractivity contribution is 8.01. The highest BCUT2D eigenvalue weighted by Gasteiger charge is 2.63. The van der Waals surface area contributed by atoms with E-state index in [0.717, 1.165) is 0 Å². The summed E-state index contributed by atoms with van der Waals surface area (Å²) >= 11 is 1.59. The average molecular weight is 443 g/mol. The number of carbonyl (C=O) groups is 2. The molecule has 3 heterocycles. The minimum Gasteiger partial charge on any atom is -0.508 e. The van der Waals surface area contributed by atoms with Crippen LogP contribution in [-0.2, 0) is 9.59 Å². The number of β-lactam (4-membered cyclic amide) rings is 1. The number of hydrogen-bond donors (Lipinski definition) is 4. The lowest BCUT2D eigenvalue weighted by atomic mass is 9.95. The van der Waals surface area contributed by atoms with Crippen LogP contribution in [0.1, 0.15) is 37.3 Å². The van der Waals surface area contributed by atoms with E-state index in [9.17, 15) is 14.7 Å². The van der Waals surface area contributed by atoms with E-state index in [1.165, 1.54) is 12.1 Å². The number of carbonyl (C=O) groups excluding carboxylic acids is 2. The van der Waals surface area contributed by atoms with Crippen molar-refractivity contribution >= 4 is 23.6 Å². The van der Waals surface area contributed by atoms with Gasteiger partial charge in [0.05, 0.1) is 0 Å². The number of phenols is 1. The number of H-pyrrole nitrogens is 1. The molecule has 4 atom stereocenters. The first-order chi connectivity index (χ1) is 12.8. The van der Waals surface area contributed by atoms with Crippen LogP contribution < -0.4 is 11.1 Å². The molecule has 0 bridgehead atoms. The number of aromatic nitrogens is 4. The van der Waals surface area contributed by atoms with Crippen LogP contribution in [0, 0.1) is 0 Å². The Morgan fingerprint density at radius 1 is 1.30 bits per heavy atom. The number of thioether (sulfide) groups is 1. The Kier molecular flexibility index (Phi) is 7.52. The van der Waals surface area contributed by atoms with E-state index in [4.69, 9.17) is 5.73 Å². The third-order valence-electron chi connectivity index (χ3n) is 4.89. The van der Waals surface area contributed by atoms with Crippen molar-refractivity contribution in [2.45, 2.75) is 42.1 Å². The number of hydrogen-bond acceptors (Lipinski definition) is 8. The Morgan fingerprint density at radius 3 is 2.50 bits per heavy atom. The number of tetrazole rings is 1. The number of benzene rings is 1. The summed E-state index contributed by atoms with van der Waals surface area (Å²) in [4.78, 5) is 26.9. The Hall–Kier alpha value is -2.78. The van der Waals surface area contributed by atoms with Gasteiger partial charge in [0.1, 0.15) is 29.2 Å². The number of aromatic hydroxyl groups is 1. The lowest BCUT2D eigenvalue weighted by molar-refractivity contribution is -0.152. The smallest absolute Gasteiger partial charge is 0.249 e. The van der Waals surface area contributed by atoms with Crippen LogP contribution in [0.3, 0.4) is 0 Å². The van der Waals surface area contributed by atoms with Crippen LogP contribution in [-0.4, -0.2) is 75.0 Å². The standard InChI is InChI=1S/C16H19N7O3S.3H2O/c1-16(2)11(12-19-21-22-20-12)23-14(26)10(15(23)27-16)18-13(25)9(17)7-3-5-8(24)6-4-7;;;/h3-6,9-11,15,24H,17H2,1-2H3,(H,18,25)(H,19,20,21,22);3*1H2/t9?,10?,11?,15-;;;/m1.../s1. The van der Waals surface area contributed by atoms with E-state index in [1.807, 2.05) is 13.8 Å². The maximum absolute atomic E-state index is 12.7. The van der Waals surface area contributed by atoms with E-state index in [-0.39, 0.29) is 44.2 Å². The monoisotopic (exact) mass is 443 g/mol. The normalized spacial score (nSPS) is 24.3. The topological polar surface area (TPSA) is 245 Å². The second kappa shape index (κ2) is 8.93. The van der Waals surface area contributed by atoms with E-state index >= 15 is 0 Å². The van der Waals surface area contributed by atoms with Crippen molar-refractivity contribution in [1.29, 1.82) is 0 Å². The fourth-order valence-corrected chi connectivity index (χ4v) is 5.18. The molecule has 0 spiro atoms. The molecule has 166 valence electrons. The number of aromatic amines is 1. The van der Waals surface area contributed by atoms with Crippen molar-refractivity contribution in [1.82, 2.24) is 30.8 Å². The van der Waals surface area contributed by atoms with Crippen LogP contribution in [0.4, 0.5) is 0 Å². The maximum atomic E-state index is 12.7. The van der Waals surface area contributed by atoms with Gasteiger partial charge in [-0.1, -0.05) is 12.1 Å². The van der Waals surface area contributed by atoms with Gasteiger partial charge in [0, 0.05) is 4.75 Å². The lowest BCUT2D eigenvalue weighted by Crippen LogP contribution is -2.68. The van der Waals surface area contributed by atoms with E-state index < -0.39 is 18.0 Å². The predicted octanol–water partition coefficient (Wildman–Crippen LogP) is -2.65. The number of phenolic OH excluding ortho intramolecular Hbond substituents is 1. The first-order valence-electron chi connectivity index (χ1n) is 8.38. The molecule has 2 aliphatic heterocycles. The molecule has 0 radical (unpaired) electrons. The third-order valence-corrected chi connectivity index (χ3v) is 6.47. The molecule has 1 aromatic carbocycles. The van der Waals surface area contributed by atoms with Gasteiger partial charge in [-0.05, 0) is 42.0 Å². The zero-order chi connectivity index (χ0) is 19.3. The molecular formula is C16H25N7O6S. The van der Waals surface area contributed by atoms with E-state index in [0.29, 0.717) is 11.4 Å². The molecular weight excluding hydrogens is 418 g/mol. The number of nitrogens with zero attached hydrogens (tertiary/aromatic N) is 4. The number of rotatable bonds is 4. The van der Waals surface area contributed by atoms with Gasteiger partial charge < -0.3 is 37.5 Å². The van der Waals surface area contributed by atoms with Crippen molar-refractivity contribution in [2.24, 2.45) is 5.73 Å². The van der Waals surface area contributed by atoms with Gasteiger partial charge in [-0.25, -0.2) is 5.10 Å². The SMILES string of the molecule is CC1(C)S[C@@H]2C(NC(=O)C(N)c3ccc(O)cc3)C(=O)N2C1c1nnn[nH]1.O.O.O. The van der Waals surface area contributed by atoms with Gasteiger partial charge in [-0.15, -0.1) is 16.9 Å². The molecule has 2 amide bonds. The zero-order valence-corrected chi connectivity index (χ0v) is 17.0. The number of amides is 2. The first kappa shape index (κ1) is 25.3. The lowest BCUT2D eigenvalue weighted by Gasteiger charge is -2.44. The van der Waals surface area contributed by atoms with Crippen LogP contribution in [0.25, 0.3) is 0 Å². The van der Waals surface area contributed by atoms with Crippen LogP contribution in [0.5, 0.6) is 5.75 Å². The molecule has 3 unspecified atom stereocenters. The van der Waals surface area contributed by atoms with Gasteiger partial charge >= 0.3 is 0 Å². The second-order valence-electron chi connectivity index (χ2n) is 7.10. The fraction of sp³-hybridized carbons (Fsp3) is 0.438. The predicted molar refractivity (Wildman–Crippen MR) is 107 cm³/mol. The van der Waals surface area contributed by atoms with Crippen molar-refractivity contribution < 1.29 is 31.1 Å². The van der Waals surface area contributed by atoms with Gasteiger partial charge in [0.25, 0.3) is 0 Å². The molecule has 2 aliphatic rings. The molecule has 2 fully saturated rings. The van der Waals surface area contributed by atoms with Gasteiger partial charge in [0.15, 0.2) is 5.82 Å². The molecule has 13 nitrogen and oxygen atoms in total. The van der Waals surface area contributed by atoms with Gasteiger partial charge in [0.2, 0.25) is 11.8 Å². The number of fused-ring (bicyclic) bond motifs is 1. The largest absolute Gasteiger partial charge is 0.508 e. The molecule has 14 heteroatoms. The Morgan fingerprint density at radius 2 is 1.93 bits per heavy atom. The second-order valence-corrected chi connectivity index (χ2v) is 8.87. The van der Waals surface area contributed by atoms with Crippen molar-refractivity contribution in [2.75, 3.05) is 0 Å². The highest BCUT2D eigenvalue weighted by Crippen LogP contribution is 2.56. The summed E-state index contributed by atoms with van der Waals surface area (Å²) in [6, 6.07) is 4.21. The molecule has 1 aromatic heterocycles. The third kappa shape index (κ3) is 3.95. The quantitative estimate of drug-likeness (QED) is 0.362. The van der Waals surface area contributed by atoms with Gasteiger partial charge in [-0.3, -0.25) is 9.59 Å². The molecule has 30 heavy (non-hydrogen) atoms. The Bertz CT molecular complexity index is 879. The van der Waals surface area contributed by atoms with Crippen LogP contribution in [0.15, 0.2) is 24.3 Å². The molecule has 11 N–H and O–H groups in total. The van der Waals surface area contributed by atoms with Crippen molar-refractivity contribution in [3.05, 3.63) is 35.7 Å². The molecule has 2 aromatic rings. The van der Waals surface area contributed by atoms with E-state index in [2.05, 4.69) is 25.9 Å². The number of nitrogens with one attached hydrogen (secondary N) is 2. The summed E-state index contributed by atoms with van der Waals surface area (Å²) in [6.45, 7) is 4.02. The average Bonchev–Trinajstić information content (AvgIpc) is 3.23. The molecule has 2 saturated heterocycles.